The zero-order valence-corrected chi connectivity index (χ0v) is 22.7. The molecule has 1 aliphatic rings. The first-order chi connectivity index (χ1) is 17.0. The number of likely N-dealkylation sites (N-methyl/N-ethyl adjacent to an activating group) is 1. The second kappa shape index (κ2) is 13.8. The van der Waals surface area contributed by atoms with E-state index in [4.69, 9.17) is 0 Å². The maximum Gasteiger partial charge on any atom is 0.247 e. The molecule has 0 saturated carbocycles. The van der Waals surface area contributed by atoms with Crippen LogP contribution in [-0.2, 0) is 16.1 Å². The summed E-state index contributed by atoms with van der Waals surface area (Å²) in [5, 5.41) is 12.3. The smallest absolute Gasteiger partial charge is 0.247 e. The van der Waals surface area contributed by atoms with Gasteiger partial charge in [0.05, 0.1) is 6.61 Å². The van der Waals surface area contributed by atoms with Crippen LogP contribution in [0.25, 0.3) is 0 Å². The second-order valence-corrected chi connectivity index (χ2v) is 10.3. The van der Waals surface area contributed by atoms with Crippen molar-refractivity contribution in [3.05, 3.63) is 94.6 Å². The Labute approximate surface area is 217 Å². The van der Waals surface area contributed by atoms with E-state index in [-0.39, 0.29) is 11.3 Å². The number of benzene rings is 1. The Balaban J connectivity index is 1.94. The van der Waals surface area contributed by atoms with E-state index in [1.54, 1.807) is 7.05 Å². The van der Waals surface area contributed by atoms with Gasteiger partial charge >= 0.3 is 0 Å². The van der Waals surface area contributed by atoms with Crippen LogP contribution in [-0.4, -0.2) is 41.5 Å². The third-order valence-electron chi connectivity index (χ3n) is 6.57. The highest BCUT2D eigenvalue weighted by Crippen LogP contribution is 2.40. The Morgan fingerprint density at radius 3 is 2.47 bits per heavy atom. The number of aliphatic hydroxyl groups excluding tert-OH is 1. The minimum absolute atomic E-state index is 0.214. The topological polar surface area (TPSA) is 69.6 Å². The van der Waals surface area contributed by atoms with Crippen molar-refractivity contribution in [3.63, 3.8) is 0 Å². The van der Waals surface area contributed by atoms with Crippen molar-refractivity contribution in [2.24, 2.45) is 5.41 Å². The van der Waals surface area contributed by atoms with Crippen molar-refractivity contribution in [1.29, 1.82) is 0 Å². The van der Waals surface area contributed by atoms with Gasteiger partial charge in [0.1, 0.15) is 6.04 Å². The second-order valence-electron chi connectivity index (χ2n) is 10.3. The molecule has 0 fully saturated rings. The molecule has 194 valence electrons. The van der Waals surface area contributed by atoms with Gasteiger partial charge in [0.2, 0.25) is 11.8 Å². The van der Waals surface area contributed by atoms with Crippen LogP contribution in [0.3, 0.4) is 0 Å². The minimum Gasteiger partial charge on any atom is -0.394 e. The fraction of sp³-hybridized carbons (Fsp3) is 0.419. The molecule has 1 aliphatic carbocycles. The lowest BCUT2D eigenvalue weighted by molar-refractivity contribution is -0.136. The van der Waals surface area contributed by atoms with Crippen molar-refractivity contribution >= 4 is 11.8 Å². The summed E-state index contributed by atoms with van der Waals surface area (Å²) in [5.74, 6) is -0.756. The number of hydrogen-bond donors (Lipinski definition) is 2. The SMILES string of the molecule is CC(C=CC1=C(C)CCCC1(C)C)=CC=CC(C)=CC(=O)N[C@@H](CO)C(=O)N(C)Cc1ccccc1. The number of amides is 2. The molecule has 0 bridgehead atoms. The number of rotatable bonds is 10. The fourth-order valence-corrected chi connectivity index (χ4v) is 4.49. The number of carbonyl (C=O) groups excluding carboxylic acids is 2. The maximum absolute atomic E-state index is 12.7. The molecule has 5 heteroatoms. The van der Waals surface area contributed by atoms with E-state index in [2.05, 4.69) is 45.2 Å². The van der Waals surface area contributed by atoms with Gasteiger partial charge in [0.15, 0.2) is 0 Å². The molecule has 2 amide bonds. The fourth-order valence-electron chi connectivity index (χ4n) is 4.49. The average Bonchev–Trinajstić information content (AvgIpc) is 2.82. The summed E-state index contributed by atoms with van der Waals surface area (Å²) in [6, 6.07) is 8.58. The van der Waals surface area contributed by atoms with Crippen LogP contribution < -0.4 is 5.32 Å². The number of aliphatic hydroxyl groups is 1. The number of hydrogen-bond acceptors (Lipinski definition) is 3. The van der Waals surface area contributed by atoms with Crippen LogP contribution in [0.5, 0.6) is 0 Å². The lowest BCUT2D eigenvalue weighted by Crippen LogP contribution is -2.48. The molecule has 0 aliphatic heterocycles. The molecule has 0 saturated heterocycles. The molecule has 0 unspecified atom stereocenters. The molecule has 0 spiro atoms. The number of allylic oxidation sites excluding steroid dienone is 9. The Morgan fingerprint density at radius 2 is 1.83 bits per heavy atom. The Bertz CT molecular complexity index is 1060. The predicted molar refractivity (Wildman–Crippen MR) is 148 cm³/mol. The van der Waals surface area contributed by atoms with Crippen molar-refractivity contribution in [1.82, 2.24) is 10.2 Å². The third-order valence-corrected chi connectivity index (χ3v) is 6.57. The summed E-state index contributed by atoms with van der Waals surface area (Å²) in [6.07, 6.45) is 15.2. The summed E-state index contributed by atoms with van der Waals surface area (Å²) in [4.78, 5) is 26.6. The molecular formula is C31H42N2O3. The van der Waals surface area contributed by atoms with Crippen molar-refractivity contribution in [3.8, 4) is 0 Å². The molecule has 2 N–H and O–H groups in total. The zero-order chi connectivity index (χ0) is 26.7. The summed E-state index contributed by atoms with van der Waals surface area (Å²) in [7, 11) is 1.66. The minimum atomic E-state index is -0.992. The van der Waals surface area contributed by atoms with Crippen LogP contribution >= 0.6 is 0 Å². The van der Waals surface area contributed by atoms with Crippen LogP contribution in [0, 0.1) is 5.41 Å². The van der Waals surface area contributed by atoms with Gasteiger partial charge in [-0.15, -0.1) is 0 Å². The summed E-state index contributed by atoms with van der Waals surface area (Å²) < 4.78 is 0. The first-order valence-electron chi connectivity index (χ1n) is 12.7. The highest BCUT2D eigenvalue weighted by atomic mass is 16.3. The van der Waals surface area contributed by atoms with Crippen molar-refractivity contribution < 1.29 is 14.7 Å². The molecule has 5 nitrogen and oxygen atoms in total. The van der Waals surface area contributed by atoms with E-state index < -0.39 is 18.6 Å². The summed E-state index contributed by atoms with van der Waals surface area (Å²) >= 11 is 0. The molecule has 36 heavy (non-hydrogen) atoms. The molecule has 1 aromatic rings. The van der Waals surface area contributed by atoms with Crippen LogP contribution in [0.15, 0.2) is 89.1 Å². The summed E-state index contributed by atoms with van der Waals surface area (Å²) in [5.41, 5.74) is 5.96. The standard InChI is InChI=1S/C31H42N2O3/c1-23(17-18-27-25(3)14-11-19-31(27,4)5)12-10-13-24(2)20-29(35)32-28(22-34)30(36)33(6)21-26-15-8-7-9-16-26/h7-10,12-13,15-18,20,28,34H,11,14,19,21-22H2,1-6H3,(H,32,35)/t28-/m0/s1. The lowest BCUT2D eigenvalue weighted by Gasteiger charge is -2.32. The van der Waals surface area contributed by atoms with E-state index in [1.165, 1.54) is 41.4 Å². The van der Waals surface area contributed by atoms with Crippen LogP contribution in [0.1, 0.15) is 59.4 Å². The van der Waals surface area contributed by atoms with Gasteiger partial charge in [0, 0.05) is 19.7 Å². The van der Waals surface area contributed by atoms with Crippen molar-refractivity contribution in [2.45, 2.75) is 66.5 Å². The lowest BCUT2D eigenvalue weighted by atomic mass is 9.72. The first kappa shape index (κ1) is 29.1. The highest BCUT2D eigenvalue weighted by Gasteiger charge is 2.26. The van der Waals surface area contributed by atoms with E-state index in [0.29, 0.717) is 6.54 Å². The number of nitrogens with one attached hydrogen (secondary N) is 1. The molecule has 0 radical (unpaired) electrons. The van der Waals surface area contributed by atoms with Crippen LogP contribution in [0.2, 0.25) is 0 Å². The van der Waals surface area contributed by atoms with E-state index in [0.717, 1.165) is 16.7 Å². The normalized spacial score (nSPS) is 17.5. The van der Waals surface area contributed by atoms with Gasteiger partial charge in [-0.1, -0.05) is 85.7 Å². The predicted octanol–water partition coefficient (Wildman–Crippen LogP) is 5.65. The largest absolute Gasteiger partial charge is 0.394 e. The summed E-state index contributed by atoms with van der Waals surface area (Å²) in [6.45, 7) is 10.7. The van der Waals surface area contributed by atoms with Crippen molar-refractivity contribution in [2.75, 3.05) is 13.7 Å². The van der Waals surface area contributed by atoms with Gasteiger partial charge in [-0.2, -0.15) is 0 Å². The molecule has 0 heterocycles. The quantitative estimate of drug-likeness (QED) is 0.329. The Morgan fingerprint density at radius 1 is 1.14 bits per heavy atom. The molecule has 2 rings (SSSR count). The Hall–Kier alpha value is -3.18. The average molecular weight is 491 g/mol. The molecule has 1 atom stereocenters. The van der Waals surface area contributed by atoms with Gasteiger partial charge in [-0.25, -0.2) is 0 Å². The van der Waals surface area contributed by atoms with Gasteiger partial charge in [-0.05, 0) is 62.2 Å². The van der Waals surface area contributed by atoms with E-state index in [9.17, 15) is 14.7 Å². The molecular weight excluding hydrogens is 448 g/mol. The number of nitrogens with zero attached hydrogens (tertiary/aromatic N) is 1. The van der Waals surface area contributed by atoms with Gasteiger partial charge in [0.25, 0.3) is 0 Å². The van der Waals surface area contributed by atoms with Gasteiger partial charge in [-0.3, -0.25) is 9.59 Å². The van der Waals surface area contributed by atoms with E-state index in [1.807, 2.05) is 55.5 Å². The monoisotopic (exact) mass is 490 g/mol. The van der Waals surface area contributed by atoms with Crippen LogP contribution in [0.4, 0.5) is 0 Å². The van der Waals surface area contributed by atoms with E-state index >= 15 is 0 Å². The first-order valence-corrected chi connectivity index (χ1v) is 12.7. The zero-order valence-electron chi connectivity index (χ0n) is 22.7. The maximum atomic E-state index is 12.7. The highest BCUT2D eigenvalue weighted by molar-refractivity contribution is 5.93. The molecule has 0 aromatic heterocycles. The van der Waals surface area contributed by atoms with Gasteiger partial charge < -0.3 is 15.3 Å². The third kappa shape index (κ3) is 9.12. The Kier molecular flexibility index (Phi) is 11.1. The molecule has 1 aromatic carbocycles. The number of carbonyl (C=O) groups is 2.